The first-order valence-corrected chi connectivity index (χ1v) is 11.1. The smallest absolute Gasteiger partial charge is 0.253 e. The van der Waals surface area contributed by atoms with Crippen LogP contribution in [0.3, 0.4) is 0 Å². The third-order valence-electron chi connectivity index (χ3n) is 5.34. The fourth-order valence-corrected chi connectivity index (χ4v) is 4.57. The van der Waals surface area contributed by atoms with Crippen molar-refractivity contribution >= 4 is 40.3 Å². The molecule has 0 aliphatic heterocycles. The lowest BCUT2D eigenvalue weighted by Gasteiger charge is -2.11. The topological polar surface area (TPSA) is 149 Å². The molecule has 0 aliphatic carbocycles. The molecule has 0 aromatic carbocycles. The van der Waals surface area contributed by atoms with E-state index in [1.54, 1.807) is 37.1 Å². The number of aldehydes is 1. The van der Waals surface area contributed by atoms with E-state index in [9.17, 15) is 14.9 Å². The minimum absolute atomic E-state index is 0.146. The molecule has 0 saturated heterocycles. The van der Waals surface area contributed by atoms with E-state index in [-0.39, 0.29) is 11.3 Å². The highest BCUT2D eigenvalue weighted by atomic mass is 32.1. The van der Waals surface area contributed by atoms with Crippen molar-refractivity contribution in [2.24, 2.45) is 12.8 Å². The molecule has 0 fully saturated rings. The van der Waals surface area contributed by atoms with E-state index in [0.717, 1.165) is 9.88 Å². The molecule has 0 bridgehead atoms. The molecular weight excluding hydrogens is 454 g/mol. The summed E-state index contributed by atoms with van der Waals surface area (Å²) in [6.07, 6.45) is 3.77. The van der Waals surface area contributed by atoms with Gasteiger partial charge in [0.1, 0.15) is 17.3 Å². The number of primary amides is 1. The summed E-state index contributed by atoms with van der Waals surface area (Å²) < 4.78 is 6.83. The summed E-state index contributed by atoms with van der Waals surface area (Å²) >= 11 is 1.44. The van der Waals surface area contributed by atoms with Crippen LogP contribution >= 0.6 is 11.3 Å². The maximum atomic E-state index is 12.6. The minimum Gasteiger partial charge on any atom is -0.383 e. The number of methoxy groups -OCH3 is 1. The number of hydrogen-bond donors (Lipinski definition) is 2. The Bertz CT molecular complexity index is 1470. The van der Waals surface area contributed by atoms with E-state index in [2.05, 4.69) is 26.3 Å². The normalized spacial score (nSPS) is 10.9. The molecule has 0 unspecified atom stereocenters. The van der Waals surface area contributed by atoms with Crippen molar-refractivity contribution in [2.45, 2.75) is 6.92 Å². The van der Waals surface area contributed by atoms with Crippen LogP contribution in [-0.4, -0.2) is 52.0 Å². The molecule has 0 radical (unpaired) electrons. The van der Waals surface area contributed by atoms with Crippen LogP contribution in [0, 0.1) is 18.3 Å². The molecule has 1 amide bonds. The van der Waals surface area contributed by atoms with Crippen LogP contribution in [-0.2, 0) is 11.8 Å². The molecule has 11 heteroatoms. The molecule has 0 aliphatic rings. The average molecular weight is 476 g/mol. The second kappa shape index (κ2) is 9.38. The van der Waals surface area contributed by atoms with Gasteiger partial charge in [-0.05, 0) is 19.1 Å². The summed E-state index contributed by atoms with van der Waals surface area (Å²) in [5.41, 5.74) is 9.39. The zero-order valence-electron chi connectivity index (χ0n) is 18.7. The zero-order chi connectivity index (χ0) is 24.4. The average Bonchev–Trinajstić information content (AvgIpc) is 3.39. The lowest BCUT2D eigenvalue weighted by atomic mass is 10.1. The van der Waals surface area contributed by atoms with Gasteiger partial charge in [-0.25, -0.2) is 9.97 Å². The number of thiazole rings is 1. The Morgan fingerprint density at radius 1 is 1.35 bits per heavy atom. The fourth-order valence-electron chi connectivity index (χ4n) is 3.77. The van der Waals surface area contributed by atoms with Gasteiger partial charge in [0.05, 0.1) is 50.2 Å². The van der Waals surface area contributed by atoms with Crippen LogP contribution in [0.4, 0.5) is 5.69 Å². The largest absolute Gasteiger partial charge is 0.383 e. The van der Waals surface area contributed by atoms with E-state index in [1.165, 1.54) is 17.5 Å². The number of nitrogens with two attached hydrogens (primary N) is 1. The number of nitriles is 1. The van der Waals surface area contributed by atoms with Gasteiger partial charge in [-0.2, -0.15) is 5.26 Å². The van der Waals surface area contributed by atoms with Crippen molar-refractivity contribution in [1.29, 1.82) is 5.26 Å². The van der Waals surface area contributed by atoms with E-state index in [4.69, 9.17) is 10.5 Å². The maximum Gasteiger partial charge on any atom is 0.253 e. The number of aryl methyl sites for hydroxylation is 2. The number of aromatic nitrogens is 4. The Hall–Kier alpha value is -4.14. The Kier molecular flexibility index (Phi) is 6.36. The van der Waals surface area contributed by atoms with Gasteiger partial charge >= 0.3 is 0 Å². The quantitative estimate of drug-likeness (QED) is 0.292. The van der Waals surface area contributed by atoms with Gasteiger partial charge in [0, 0.05) is 38.7 Å². The van der Waals surface area contributed by atoms with Crippen LogP contribution in [0.5, 0.6) is 0 Å². The van der Waals surface area contributed by atoms with Crippen LogP contribution < -0.4 is 11.1 Å². The van der Waals surface area contributed by atoms with E-state index in [0.29, 0.717) is 58.7 Å². The van der Waals surface area contributed by atoms with Gasteiger partial charge in [-0.15, -0.1) is 11.3 Å². The molecule has 0 atom stereocenters. The van der Waals surface area contributed by atoms with E-state index in [1.807, 2.05) is 6.92 Å². The van der Waals surface area contributed by atoms with E-state index >= 15 is 0 Å². The predicted molar refractivity (Wildman–Crippen MR) is 129 cm³/mol. The van der Waals surface area contributed by atoms with Gasteiger partial charge < -0.3 is 20.4 Å². The fraction of sp³-hybridized carbons (Fsp3) is 0.217. The summed E-state index contributed by atoms with van der Waals surface area (Å²) in [6, 6.07) is 5.59. The van der Waals surface area contributed by atoms with Crippen LogP contribution in [0.15, 0.2) is 24.5 Å². The molecule has 34 heavy (non-hydrogen) atoms. The molecule has 4 aromatic rings. The molecule has 4 aromatic heterocycles. The van der Waals surface area contributed by atoms with Crippen molar-refractivity contribution < 1.29 is 14.3 Å². The highest BCUT2D eigenvalue weighted by Gasteiger charge is 2.25. The molecule has 0 spiro atoms. The first kappa shape index (κ1) is 23.0. The van der Waals surface area contributed by atoms with Crippen LogP contribution in [0.2, 0.25) is 0 Å². The van der Waals surface area contributed by atoms with Gasteiger partial charge in [0.25, 0.3) is 5.91 Å². The first-order chi connectivity index (χ1) is 16.4. The highest BCUT2D eigenvalue weighted by molar-refractivity contribution is 7.15. The molecule has 4 heterocycles. The third-order valence-corrected chi connectivity index (χ3v) is 6.28. The monoisotopic (exact) mass is 475 g/mol. The Labute approximate surface area is 199 Å². The van der Waals surface area contributed by atoms with Gasteiger partial charge in [-0.3, -0.25) is 14.6 Å². The van der Waals surface area contributed by atoms with Gasteiger partial charge in [0.2, 0.25) is 0 Å². The summed E-state index contributed by atoms with van der Waals surface area (Å²) in [7, 11) is 3.36. The number of carbonyl (C=O) groups is 2. The number of anilines is 1. The van der Waals surface area contributed by atoms with Crippen molar-refractivity contribution in [2.75, 3.05) is 25.6 Å². The second-order valence-electron chi connectivity index (χ2n) is 7.44. The third kappa shape index (κ3) is 4.00. The standard InChI is InChI=1S/C23H21N7O3S/c1-12-27-10-19(34-12)14-6-18-21(29-17(14)11-31)20(23(25)32)22(30(18)2)16-7-15(26-4-5-33-3)13(8-24)9-28-16/h6-7,9-11H,4-5H2,1-3H3,(H2,25,32)(H,26,28). The van der Waals surface area contributed by atoms with Crippen molar-refractivity contribution in [3.8, 4) is 27.9 Å². The summed E-state index contributed by atoms with van der Waals surface area (Å²) in [5, 5.41) is 13.5. The molecule has 10 nitrogen and oxygen atoms in total. The molecule has 3 N–H and O–H groups in total. The Morgan fingerprint density at radius 2 is 2.15 bits per heavy atom. The molecule has 172 valence electrons. The second-order valence-corrected chi connectivity index (χ2v) is 8.68. The number of nitrogens with one attached hydrogen (secondary N) is 1. The molecule has 0 saturated carbocycles. The van der Waals surface area contributed by atoms with Crippen molar-refractivity contribution in [3.63, 3.8) is 0 Å². The Balaban J connectivity index is 1.96. The number of carbonyl (C=O) groups excluding carboxylic acids is 2. The number of pyridine rings is 2. The van der Waals surface area contributed by atoms with Crippen molar-refractivity contribution in [1.82, 2.24) is 19.5 Å². The number of rotatable bonds is 8. The van der Waals surface area contributed by atoms with E-state index < -0.39 is 5.91 Å². The maximum absolute atomic E-state index is 12.6. The van der Waals surface area contributed by atoms with Crippen LogP contribution in [0.25, 0.3) is 32.9 Å². The lowest BCUT2D eigenvalue weighted by molar-refractivity contribution is 0.100. The number of fused-ring (bicyclic) bond motifs is 1. The predicted octanol–water partition coefficient (Wildman–Crippen LogP) is 2.91. The summed E-state index contributed by atoms with van der Waals surface area (Å²) in [6.45, 7) is 2.80. The zero-order valence-corrected chi connectivity index (χ0v) is 19.6. The first-order valence-electron chi connectivity index (χ1n) is 10.2. The van der Waals surface area contributed by atoms with Crippen molar-refractivity contribution in [3.05, 3.63) is 46.4 Å². The van der Waals surface area contributed by atoms with Gasteiger partial charge in [0.15, 0.2) is 6.29 Å². The highest BCUT2D eigenvalue weighted by Crippen LogP contribution is 2.36. The molecular formula is C23H21N7O3S. The number of nitrogens with zero attached hydrogens (tertiary/aromatic N) is 5. The summed E-state index contributed by atoms with van der Waals surface area (Å²) in [4.78, 5) is 38.4. The Morgan fingerprint density at radius 3 is 2.76 bits per heavy atom. The number of amides is 1. The van der Waals surface area contributed by atoms with Crippen LogP contribution in [0.1, 0.15) is 31.4 Å². The number of ether oxygens (including phenoxy) is 1. The lowest BCUT2D eigenvalue weighted by Crippen LogP contribution is -2.13. The SMILES string of the molecule is COCCNc1cc(-c2c(C(N)=O)c3nc(C=O)c(-c4cnc(C)s4)cc3n2C)ncc1C#N. The van der Waals surface area contributed by atoms with Gasteiger partial charge in [-0.1, -0.05) is 0 Å². The summed E-state index contributed by atoms with van der Waals surface area (Å²) in [5.74, 6) is -0.702. The molecule has 4 rings (SSSR count). The minimum atomic E-state index is -0.702. The number of hydrogen-bond acceptors (Lipinski definition) is 9.